The molecule has 0 aliphatic carbocycles. The van der Waals surface area contributed by atoms with Crippen molar-refractivity contribution in [2.75, 3.05) is 6.61 Å². The summed E-state index contributed by atoms with van der Waals surface area (Å²) in [7, 11) is 0. The molecule has 0 N–H and O–H groups in total. The summed E-state index contributed by atoms with van der Waals surface area (Å²) in [5, 5.41) is 8.90. The maximum Gasteiger partial charge on any atom is 0.146 e. The van der Waals surface area contributed by atoms with Gasteiger partial charge in [0.25, 0.3) is 0 Å². The smallest absolute Gasteiger partial charge is 0.146 e. The molecule has 1 aromatic heterocycles. The zero-order valence-electron chi connectivity index (χ0n) is 10.1. The zero-order chi connectivity index (χ0) is 12.4. The predicted molar refractivity (Wildman–Crippen MR) is 70.0 cm³/mol. The molecule has 0 radical (unpaired) electrons. The first-order valence-electron chi connectivity index (χ1n) is 5.93. The molecule has 90 valence electrons. The Kier molecular flexibility index (Phi) is 2.68. The van der Waals surface area contributed by atoms with Gasteiger partial charge in [0.2, 0.25) is 0 Å². The molecule has 0 fully saturated rings. The van der Waals surface area contributed by atoms with Crippen LogP contribution in [0.3, 0.4) is 0 Å². The lowest BCUT2D eigenvalue weighted by atomic mass is 10.3. The van der Waals surface area contributed by atoms with Crippen LogP contribution in [-0.4, -0.2) is 21.6 Å². The van der Waals surface area contributed by atoms with Crippen LogP contribution in [-0.2, 0) is 0 Å². The topological polar surface area (TPSA) is 39.9 Å². The van der Waals surface area contributed by atoms with Crippen LogP contribution in [0.25, 0.3) is 16.7 Å². The average molecular weight is 239 g/mol. The van der Waals surface area contributed by atoms with Gasteiger partial charge >= 0.3 is 0 Å². The summed E-state index contributed by atoms with van der Waals surface area (Å²) >= 11 is 0. The fourth-order valence-corrected chi connectivity index (χ4v) is 1.87. The van der Waals surface area contributed by atoms with Crippen molar-refractivity contribution in [2.24, 2.45) is 0 Å². The van der Waals surface area contributed by atoms with Crippen molar-refractivity contribution in [1.82, 2.24) is 15.0 Å². The quantitative estimate of drug-likeness (QED) is 0.705. The van der Waals surface area contributed by atoms with Crippen molar-refractivity contribution in [3.05, 3.63) is 48.5 Å². The average Bonchev–Trinajstić information content (AvgIpc) is 2.83. The number of aromatic nitrogens is 3. The molecule has 0 atom stereocenters. The van der Waals surface area contributed by atoms with Crippen molar-refractivity contribution in [1.29, 1.82) is 0 Å². The summed E-state index contributed by atoms with van der Waals surface area (Å²) in [6.45, 7) is 2.58. The first kappa shape index (κ1) is 10.8. The van der Waals surface area contributed by atoms with Crippen LogP contribution in [0.2, 0.25) is 0 Å². The fraction of sp³-hybridized carbons (Fsp3) is 0.143. The molecule has 0 aliphatic heterocycles. The normalized spacial score (nSPS) is 10.7. The Morgan fingerprint density at radius 3 is 2.22 bits per heavy atom. The van der Waals surface area contributed by atoms with E-state index in [2.05, 4.69) is 10.2 Å². The van der Waals surface area contributed by atoms with Gasteiger partial charge in [0.15, 0.2) is 0 Å². The van der Waals surface area contributed by atoms with Gasteiger partial charge in [-0.15, -0.1) is 15.0 Å². The van der Waals surface area contributed by atoms with E-state index >= 15 is 0 Å². The summed E-state index contributed by atoms with van der Waals surface area (Å²) in [6.07, 6.45) is 0. The molecule has 3 rings (SSSR count). The van der Waals surface area contributed by atoms with Gasteiger partial charge < -0.3 is 4.74 Å². The molecule has 0 unspecified atom stereocenters. The highest BCUT2D eigenvalue weighted by Crippen LogP contribution is 2.22. The van der Waals surface area contributed by atoms with Crippen molar-refractivity contribution >= 4 is 11.0 Å². The number of benzene rings is 2. The monoisotopic (exact) mass is 239 g/mol. The molecule has 0 saturated heterocycles. The Morgan fingerprint density at radius 2 is 1.56 bits per heavy atom. The number of hydrogen-bond donors (Lipinski definition) is 0. The lowest BCUT2D eigenvalue weighted by Gasteiger charge is -2.07. The third kappa shape index (κ3) is 1.82. The minimum absolute atomic E-state index is 0.623. The van der Waals surface area contributed by atoms with Gasteiger partial charge in [-0.1, -0.05) is 24.3 Å². The van der Waals surface area contributed by atoms with Crippen LogP contribution in [0, 0.1) is 0 Å². The SMILES string of the molecule is CCOc1ccccc1-n1nc2ccccc2n1. The standard InChI is InChI=1S/C14H13N3O/c1-2-18-14-10-6-5-9-13(14)17-15-11-7-3-4-8-12(11)16-17/h3-10H,2H2,1H3. The van der Waals surface area contributed by atoms with Crippen LogP contribution in [0.15, 0.2) is 48.5 Å². The molecule has 0 bridgehead atoms. The van der Waals surface area contributed by atoms with Crippen LogP contribution in [0.1, 0.15) is 6.92 Å². The molecule has 4 nitrogen and oxygen atoms in total. The lowest BCUT2D eigenvalue weighted by Crippen LogP contribution is -2.03. The molecule has 18 heavy (non-hydrogen) atoms. The van der Waals surface area contributed by atoms with Gasteiger partial charge in [-0.3, -0.25) is 0 Å². The van der Waals surface area contributed by atoms with E-state index in [4.69, 9.17) is 4.74 Å². The van der Waals surface area contributed by atoms with Gasteiger partial charge in [0.1, 0.15) is 22.5 Å². The highest BCUT2D eigenvalue weighted by Gasteiger charge is 2.08. The van der Waals surface area contributed by atoms with Crippen molar-refractivity contribution in [3.8, 4) is 11.4 Å². The summed E-state index contributed by atoms with van der Waals surface area (Å²) < 4.78 is 5.59. The molecule has 4 heteroatoms. The van der Waals surface area contributed by atoms with Gasteiger partial charge in [0, 0.05) is 0 Å². The van der Waals surface area contributed by atoms with Crippen LogP contribution in [0.4, 0.5) is 0 Å². The van der Waals surface area contributed by atoms with E-state index in [1.54, 1.807) is 4.80 Å². The Morgan fingerprint density at radius 1 is 0.944 bits per heavy atom. The van der Waals surface area contributed by atoms with Crippen molar-refractivity contribution in [3.63, 3.8) is 0 Å². The Hall–Kier alpha value is -2.36. The number of hydrogen-bond acceptors (Lipinski definition) is 3. The summed E-state index contributed by atoms with van der Waals surface area (Å²) in [6, 6.07) is 15.6. The van der Waals surface area contributed by atoms with Gasteiger partial charge in [0.05, 0.1) is 6.61 Å². The van der Waals surface area contributed by atoms with Crippen molar-refractivity contribution in [2.45, 2.75) is 6.92 Å². The highest BCUT2D eigenvalue weighted by atomic mass is 16.5. The van der Waals surface area contributed by atoms with E-state index in [-0.39, 0.29) is 0 Å². The Labute approximate surface area is 105 Å². The second-order valence-corrected chi connectivity index (χ2v) is 3.88. The molecule has 0 amide bonds. The number of para-hydroxylation sites is 2. The molecule has 0 aliphatic rings. The maximum atomic E-state index is 5.59. The summed E-state index contributed by atoms with van der Waals surface area (Å²) in [5.74, 6) is 0.792. The molecule has 1 heterocycles. The van der Waals surface area contributed by atoms with Gasteiger partial charge in [-0.2, -0.15) is 0 Å². The van der Waals surface area contributed by atoms with Crippen molar-refractivity contribution < 1.29 is 4.74 Å². The number of rotatable bonds is 3. The van der Waals surface area contributed by atoms with E-state index in [0.29, 0.717) is 6.61 Å². The second-order valence-electron chi connectivity index (χ2n) is 3.88. The first-order valence-corrected chi connectivity index (χ1v) is 5.93. The van der Waals surface area contributed by atoms with Crippen LogP contribution < -0.4 is 4.74 Å². The van der Waals surface area contributed by atoms with E-state index in [0.717, 1.165) is 22.5 Å². The summed E-state index contributed by atoms with van der Waals surface area (Å²) in [4.78, 5) is 1.62. The largest absolute Gasteiger partial charge is 0.492 e. The van der Waals surface area contributed by atoms with Crippen LogP contribution >= 0.6 is 0 Å². The summed E-state index contributed by atoms with van der Waals surface area (Å²) in [5.41, 5.74) is 2.61. The fourth-order valence-electron chi connectivity index (χ4n) is 1.87. The van der Waals surface area contributed by atoms with E-state index < -0.39 is 0 Å². The predicted octanol–water partition coefficient (Wildman–Crippen LogP) is 2.82. The molecule has 2 aromatic carbocycles. The molecule has 3 aromatic rings. The number of nitrogens with zero attached hydrogens (tertiary/aromatic N) is 3. The molecule has 0 saturated carbocycles. The van der Waals surface area contributed by atoms with Crippen LogP contribution in [0.5, 0.6) is 5.75 Å². The van der Waals surface area contributed by atoms with E-state index in [1.807, 2.05) is 55.5 Å². The highest BCUT2D eigenvalue weighted by molar-refractivity contribution is 5.73. The number of ether oxygens (including phenoxy) is 1. The van der Waals surface area contributed by atoms with Gasteiger partial charge in [-0.25, -0.2) is 0 Å². The Bertz CT molecular complexity index is 642. The number of fused-ring (bicyclic) bond motifs is 1. The zero-order valence-corrected chi connectivity index (χ0v) is 10.1. The minimum Gasteiger partial charge on any atom is -0.492 e. The Balaban J connectivity index is 2.13. The van der Waals surface area contributed by atoms with E-state index in [9.17, 15) is 0 Å². The maximum absolute atomic E-state index is 5.59. The van der Waals surface area contributed by atoms with Gasteiger partial charge in [-0.05, 0) is 31.2 Å². The lowest BCUT2D eigenvalue weighted by molar-refractivity contribution is 0.337. The minimum atomic E-state index is 0.623. The first-order chi connectivity index (χ1) is 8.88. The second kappa shape index (κ2) is 4.49. The molecular formula is C14H13N3O. The third-order valence-electron chi connectivity index (χ3n) is 2.67. The third-order valence-corrected chi connectivity index (χ3v) is 2.67. The molecular weight excluding hydrogens is 226 g/mol. The molecule has 0 spiro atoms. The van der Waals surface area contributed by atoms with E-state index in [1.165, 1.54) is 0 Å².